The van der Waals surface area contributed by atoms with Crippen molar-refractivity contribution in [1.29, 1.82) is 0 Å². The Balaban J connectivity index is 2.33. The molecule has 0 spiro atoms. The van der Waals surface area contributed by atoms with Crippen LogP contribution in [0.15, 0.2) is 18.2 Å². The Hall–Kier alpha value is -1.02. The van der Waals surface area contributed by atoms with E-state index >= 15 is 0 Å². The van der Waals surface area contributed by atoms with Crippen molar-refractivity contribution in [3.63, 3.8) is 0 Å². The topological polar surface area (TPSA) is 23.5 Å². The molecule has 1 heterocycles. The third-order valence-electron chi connectivity index (χ3n) is 3.19. The first-order valence-electron chi connectivity index (χ1n) is 5.18. The summed E-state index contributed by atoms with van der Waals surface area (Å²) in [6.45, 7) is 3.35. The summed E-state index contributed by atoms with van der Waals surface area (Å²) in [5.41, 5.74) is 2.70. The minimum absolute atomic E-state index is 0.389. The van der Waals surface area contributed by atoms with E-state index in [9.17, 15) is 5.11 Å². The van der Waals surface area contributed by atoms with Gasteiger partial charge in [-0.15, -0.1) is 0 Å². The highest BCUT2D eigenvalue weighted by Crippen LogP contribution is 2.22. The van der Waals surface area contributed by atoms with E-state index in [1.807, 2.05) is 6.07 Å². The second kappa shape index (κ2) is 3.62. The zero-order valence-electron chi connectivity index (χ0n) is 8.83. The first-order valence-corrected chi connectivity index (χ1v) is 5.18. The normalized spacial score (nSPS) is 22.9. The molecule has 76 valence electrons. The molecule has 1 aromatic carbocycles. The predicted octanol–water partition coefficient (Wildman–Crippen LogP) is 1.81. The fraction of sp³-hybridized carbons (Fsp3) is 0.500. The summed E-state index contributed by atoms with van der Waals surface area (Å²) in [4.78, 5) is 2.37. The van der Waals surface area contributed by atoms with Crippen LogP contribution in [0.1, 0.15) is 18.1 Å². The van der Waals surface area contributed by atoms with E-state index in [-0.39, 0.29) is 0 Å². The van der Waals surface area contributed by atoms with Gasteiger partial charge in [0.05, 0.1) is 0 Å². The summed E-state index contributed by atoms with van der Waals surface area (Å²) >= 11 is 0. The average Bonchev–Trinajstić information content (AvgIpc) is 2.27. The van der Waals surface area contributed by atoms with E-state index in [0.29, 0.717) is 11.8 Å². The Bertz CT molecular complexity index is 335. The van der Waals surface area contributed by atoms with Crippen molar-refractivity contribution in [2.24, 2.45) is 0 Å². The van der Waals surface area contributed by atoms with Gasteiger partial charge < -0.3 is 10.0 Å². The van der Waals surface area contributed by atoms with E-state index in [1.165, 1.54) is 11.1 Å². The molecule has 0 fully saturated rings. The summed E-state index contributed by atoms with van der Waals surface area (Å²) in [5.74, 6) is 0.389. The van der Waals surface area contributed by atoms with Crippen LogP contribution in [-0.2, 0) is 12.8 Å². The molecule has 0 amide bonds. The lowest BCUT2D eigenvalue weighted by molar-refractivity contribution is 0.268. The molecule has 1 aromatic rings. The molecule has 2 nitrogen and oxygen atoms in total. The van der Waals surface area contributed by atoms with E-state index < -0.39 is 0 Å². The highest BCUT2D eigenvalue weighted by Gasteiger charge is 2.17. The second-order valence-corrected chi connectivity index (χ2v) is 4.24. The SMILES string of the molecule is CC1Cc2cc(O)ccc2CCN1C. The molecule has 1 aliphatic rings. The van der Waals surface area contributed by atoms with E-state index in [0.717, 1.165) is 19.4 Å². The Morgan fingerprint density at radius 1 is 1.36 bits per heavy atom. The molecular formula is C12H17NO. The van der Waals surface area contributed by atoms with Gasteiger partial charge in [-0.3, -0.25) is 0 Å². The lowest BCUT2D eigenvalue weighted by Gasteiger charge is -2.21. The number of hydrogen-bond acceptors (Lipinski definition) is 2. The number of likely N-dealkylation sites (N-methyl/N-ethyl adjacent to an activating group) is 1. The molecule has 1 N–H and O–H groups in total. The maximum absolute atomic E-state index is 9.42. The van der Waals surface area contributed by atoms with Gasteiger partial charge in [0.2, 0.25) is 0 Å². The number of rotatable bonds is 0. The van der Waals surface area contributed by atoms with Crippen molar-refractivity contribution in [2.45, 2.75) is 25.8 Å². The molecular weight excluding hydrogens is 174 g/mol. The van der Waals surface area contributed by atoms with Crippen molar-refractivity contribution >= 4 is 0 Å². The fourth-order valence-electron chi connectivity index (χ4n) is 2.04. The van der Waals surface area contributed by atoms with Gasteiger partial charge in [0, 0.05) is 12.6 Å². The molecule has 0 aromatic heterocycles. The van der Waals surface area contributed by atoms with E-state index in [2.05, 4.69) is 24.9 Å². The van der Waals surface area contributed by atoms with Crippen molar-refractivity contribution < 1.29 is 5.11 Å². The van der Waals surface area contributed by atoms with Gasteiger partial charge in [0.25, 0.3) is 0 Å². The molecule has 2 rings (SSSR count). The number of phenols is 1. The van der Waals surface area contributed by atoms with Crippen LogP contribution in [0.3, 0.4) is 0 Å². The summed E-state index contributed by atoms with van der Waals surface area (Å²) < 4.78 is 0. The minimum Gasteiger partial charge on any atom is -0.508 e. The number of aromatic hydroxyl groups is 1. The van der Waals surface area contributed by atoms with Gasteiger partial charge >= 0.3 is 0 Å². The zero-order chi connectivity index (χ0) is 10.1. The minimum atomic E-state index is 0.389. The van der Waals surface area contributed by atoms with Crippen molar-refractivity contribution in [3.05, 3.63) is 29.3 Å². The van der Waals surface area contributed by atoms with Gasteiger partial charge in [-0.1, -0.05) is 6.07 Å². The molecule has 0 radical (unpaired) electrons. The van der Waals surface area contributed by atoms with Crippen molar-refractivity contribution in [2.75, 3.05) is 13.6 Å². The van der Waals surface area contributed by atoms with Crippen LogP contribution >= 0.6 is 0 Å². The van der Waals surface area contributed by atoms with Crippen LogP contribution in [0, 0.1) is 0 Å². The zero-order valence-corrected chi connectivity index (χ0v) is 8.83. The fourth-order valence-corrected chi connectivity index (χ4v) is 2.04. The maximum atomic E-state index is 9.42. The van der Waals surface area contributed by atoms with Crippen LogP contribution in [0.4, 0.5) is 0 Å². The second-order valence-electron chi connectivity index (χ2n) is 4.24. The lowest BCUT2D eigenvalue weighted by Crippen LogP contribution is -2.30. The molecule has 1 atom stereocenters. The molecule has 1 unspecified atom stereocenters. The van der Waals surface area contributed by atoms with Gasteiger partial charge in [-0.05, 0) is 50.1 Å². The average molecular weight is 191 g/mol. The van der Waals surface area contributed by atoms with E-state index in [4.69, 9.17) is 0 Å². The molecule has 1 aliphatic heterocycles. The molecule has 0 saturated heterocycles. The summed E-state index contributed by atoms with van der Waals surface area (Å²) in [6, 6.07) is 6.31. The Labute approximate surface area is 85.2 Å². The number of phenolic OH excluding ortho intramolecular Hbond substituents is 1. The van der Waals surface area contributed by atoms with Gasteiger partial charge in [0.1, 0.15) is 5.75 Å². The summed E-state index contributed by atoms with van der Waals surface area (Å²) in [5, 5.41) is 9.42. The largest absolute Gasteiger partial charge is 0.508 e. The van der Waals surface area contributed by atoms with Crippen LogP contribution < -0.4 is 0 Å². The standard InChI is InChI=1S/C12H17NO/c1-9-7-11-8-12(14)4-3-10(11)5-6-13(9)2/h3-4,8-9,14H,5-7H2,1-2H3. The monoisotopic (exact) mass is 191 g/mol. The quantitative estimate of drug-likeness (QED) is 0.676. The maximum Gasteiger partial charge on any atom is 0.115 e. The first-order chi connectivity index (χ1) is 6.66. The number of hydrogen-bond donors (Lipinski definition) is 1. The van der Waals surface area contributed by atoms with Crippen molar-refractivity contribution in [3.8, 4) is 5.75 Å². The van der Waals surface area contributed by atoms with Crippen LogP contribution in [0.25, 0.3) is 0 Å². The van der Waals surface area contributed by atoms with Crippen LogP contribution in [-0.4, -0.2) is 29.6 Å². The lowest BCUT2D eigenvalue weighted by atomic mass is 10.0. The van der Waals surface area contributed by atoms with Crippen LogP contribution in [0.5, 0.6) is 5.75 Å². The molecule has 0 bridgehead atoms. The third kappa shape index (κ3) is 1.75. The van der Waals surface area contributed by atoms with Crippen LogP contribution in [0.2, 0.25) is 0 Å². The Morgan fingerprint density at radius 2 is 2.14 bits per heavy atom. The Morgan fingerprint density at radius 3 is 2.93 bits per heavy atom. The molecule has 14 heavy (non-hydrogen) atoms. The van der Waals surface area contributed by atoms with Gasteiger partial charge in [-0.2, -0.15) is 0 Å². The number of benzene rings is 1. The van der Waals surface area contributed by atoms with Crippen molar-refractivity contribution in [1.82, 2.24) is 4.90 Å². The van der Waals surface area contributed by atoms with Gasteiger partial charge in [0.15, 0.2) is 0 Å². The molecule has 0 aliphatic carbocycles. The molecule has 2 heteroatoms. The summed E-state index contributed by atoms with van der Waals surface area (Å²) in [7, 11) is 2.16. The molecule has 0 saturated carbocycles. The predicted molar refractivity (Wildman–Crippen MR) is 57.6 cm³/mol. The number of nitrogens with zero attached hydrogens (tertiary/aromatic N) is 1. The van der Waals surface area contributed by atoms with E-state index in [1.54, 1.807) is 6.07 Å². The highest BCUT2D eigenvalue weighted by molar-refractivity contribution is 5.36. The summed E-state index contributed by atoms with van der Waals surface area (Å²) in [6.07, 6.45) is 2.14. The highest BCUT2D eigenvalue weighted by atomic mass is 16.3. The van der Waals surface area contributed by atoms with Gasteiger partial charge in [-0.25, -0.2) is 0 Å². The Kier molecular flexibility index (Phi) is 2.46. The third-order valence-corrected chi connectivity index (χ3v) is 3.19. The smallest absolute Gasteiger partial charge is 0.115 e. The number of fused-ring (bicyclic) bond motifs is 1. The first kappa shape index (κ1) is 9.53.